The largest absolute Gasteiger partial charge is 0.477 e. The molecular weight excluding hydrogens is 589 g/mol. The van der Waals surface area contributed by atoms with Crippen molar-refractivity contribution in [2.24, 2.45) is 5.16 Å². The standard InChI is InChI=1S/C20H19Cl2N5O9S2/c1-7(28)3-10(30)36-5-8-6-37-18-13(17(32)27(18)14(8)19(33)34)24-16(31)12(26-35-2)11-15(22)38-20(25-11)23-9(29)4-21/h13,18H,3-6H2,1-2H3,(H,24,31)(H,33,34)(H,23,25,29)/b26-12-/t13-,18-/m1/s1. The molecule has 1 aromatic heterocycles. The summed E-state index contributed by atoms with van der Waals surface area (Å²) in [5.41, 5.74) is -0.718. The fraction of sp³-hybridized carbons (Fsp3) is 0.400. The van der Waals surface area contributed by atoms with Crippen LogP contribution in [0.5, 0.6) is 0 Å². The minimum atomic E-state index is -1.42. The molecule has 3 rings (SSSR count). The third-order valence-corrected chi connectivity index (χ3v) is 7.66. The Labute approximate surface area is 232 Å². The minimum absolute atomic E-state index is 0.00511. The number of nitrogens with one attached hydrogen (secondary N) is 2. The Morgan fingerprint density at radius 2 is 2.00 bits per heavy atom. The maximum absolute atomic E-state index is 13.0. The number of carbonyl (C=O) groups excluding carboxylic acids is 5. The average molecular weight is 608 g/mol. The zero-order chi connectivity index (χ0) is 28.1. The molecule has 204 valence electrons. The number of carbonyl (C=O) groups is 6. The number of carboxylic acids is 1. The van der Waals surface area contributed by atoms with Crippen LogP contribution in [-0.4, -0.2) is 92.9 Å². The number of esters is 1. The first-order valence-corrected chi connectivity index (χ1v) is 13.3. The number of fused-ring (bicyclic) bond motifs is 1. The second kappa shape index (κ2) is 12.6. The molecule has 3 N–H and O–H groups in total. The third-order valence-electron chi connectivity index (χ3n) is 4.91. The van der Waals surface area contributed by atoms with Crippen molar-refractivity contribution in [1.29, 1.82) is 0 Å². The lowest BCUT2D eigenvalue weighted by atomic mass is 10.0. The fourth-order valence-electron chi connectivity index (χ4n) is 3.36. The van der Waals surface area contributed by atoms with Crippen LogP contribution in [0.15, 0.2) is 16.4 Å². The number of carboxylic acid groups (broad SMARTS) is 1. The topological polar surface area (TPSA) is 194 Å². The number of nitrogens with zero attached hydrogens (tertiary/aromatic N) is 3. The molecule has 2 aliphatic heterocycles. The maximum Gasteiger partial charge on any atom is 0.352 e. The van der Waals surface area contributed by atoms with Crippen LogP contribution in [0, 0.1) is 0 Å². The van der Waals surface area contributed by atoms with Gasteiger partial charge in [0.1, 0.15) is 58.9 Å². The molecular formula is C20H19Cl2N5O9S2. The normalized spacial score (nSPS) is 18.8. The van der Waals surface area contributed by atoms with Crippen LogP contribution in [0.3, 0.4) is 0 Å². The van der Waals surface area contributed by atoms with Crippen molar-refractivity contribution in [2.75, 3.05) is 30.7 Å². The fourth-order valence-corrected chi connectivity index (χ4v) is 5.82. The van der Waals surface area contributed by atoms with E-state index in [1.165, 1.54) is 14.0 Å². The lowest BCUT2D eigenvalue weighted by molar-refractivity contribution is -0.150. The van der Waals surface area contributed by atoms with E-state index in [0.717, 1.165) is 28.0 Å². The number of hydrogen-bond acceptors (Lipinski definition) is 12. The number of thioether (sulfide) groups is 1. The molecule has 2 aliphatic rings. The summed E-state index contributed by atoms with van der Waals surface area (Å²) in [5.74, 6) is -5.08. The zero-order valence-electron chi connectivity index (χ0n) is 19.6. The molecule has 1 saturated heterocycles. The summed E-state index contributed by atoms with van der Waals surface area (Å²) in [6, 6.07) is -1.13. The predicted octanol–water partition coefficient (Wildman–Crippen LogP) is 0.585. The molecule has 0 aromatic carbocycles. The Kier molecular flexibility index (Phi) is 9.70. The molecule has 3 heterocycles. The van der Waals surface area contributed by atoms with E-state index in [-0.39, 0.29) is 43.8 Å². The zero-order valence-corrected chi connectivity index (χ0v) is 22.8. The van der Waals surface area contributed by atoms with Gasteiger partial charge >= 0.3 is 11.9 Å². The molecule has 0 unspecified atom stereocenters. The van der Waals surface area contributed by atoms with Crippen LogP contribution in [0.4, 0.5) is 5.13 Å². The number of hydrogen-bond donors (Lipinski definition) is 3. The third kappa shape index (κ3) is 6.43. The number of halogens is 2. The Hall–Kier alpha value is -3.21. The maximum atomic E-state index is 13.0. The van der Waals surface area contributed by atoms with E-state index in [1.54, 1.807) is 0 Å². The van der Waals surface area contributed by atoms with Gasteiger partial charge in [0.05, 0.1) is 0 Å². The van der Waals surface area contributed by atoms with E-state index in [1.807, 2.05) is 0 Å². The van der Waals surface area contributed by atoms with Gasteiger partial charge in [0.2, 0.25) is 5.91 Å². The molecule has 0 aliphatic carbocycles. The summed E-state index contributed by atoms with van der Waals surface area (Å²) in [7, 11) is 1.17. The number of amides is 3. The molecule has 38 heavy (non-hydrogen) atoms. The van der Waals surface area contributed by atoms with Gasteiger partial charge in [-0.05, 0) is 6.92 Å². The van der Waals surface area contributed by atoms with E-state index >= 15 is 0 Å². The van der Waals surface area contributed by atoms with Gasteiger partial charge in [-0.25, -0.2) is 9.78 Å². The van der Waals surface area contributed by atoms with E-state index in [4.69, 9.17) is 32.8 Å². The van der Waals surface area contributed by atoms with Gasteiger partial charge in [0.25, 0.3) is 11.8 Å². The van der Waals surface area contributed by atoms with Crippen LogP contribution >= 0.6 is 46.3 Å². The van der Waals surface area contributed by atoms with Crippen LogP contribution < -0.4 is 10.6 Å². The molecule has 0 saturated carbocycles. The highest BCUT2D eigenvalue weighted by molar-refractivity contribution is 8.00. The number of Topliss-reactive ketones (excluding diaryl/α,β-unsaturated/α-hetero) is 1. The molecule has 0 bridgehead atoms. The molecule has 14 nitrogen and oxygen atoms in total. The number of ether oxygens (including phenoxy) is 1. The van der Waals surface area contributed by atoms with Gasteiger partial charge in [0.15, 0.2) is 10.8 Å². The van der Waals surface area contributed by atoms with Crippen LogP contribution in [0.25, 0.3) is 0 Å². The van der Waals surface area contributed by atoms with Gasteiger partial charge in [-0.2, -0.15) is 0 Å². The van der Waals surface area contributed by atoms with E-state index in [9.17, 15) is 33.9 Å². The minimum Gasteiger partial charge on any atom is -0.477 e. The highest BCUT2D eigenvalue weighted by atomic mass is 35.5. The van der Waals surface area contributed by atoms with Crippen molar-refractivity contribution in [3.8, 4) is 0 Å². The summed E-state index contributed by atoms with van der Waals surface area (Å²) in [6.07, 6.45) is -0.461. The summed E-state index contributed by atoms with van der Waals surface area (Å²) >= 11 is 13.6. The molecule has 2 atom stereocenters. The lowest BCUT2D eigenvalue weighted by Gasteiger charge is -2.49. The molecule has 18 heteroatoms. The number of oxime groups is 1. The molecule has 1 aromatic rings. The Bertz CT molecular complexity index is 1270. The monoisotopic (exact) mass is 607 g/mol. The van der Waals surface area contributed by atoms with Crippen molar-refractivity contribution in [3.63, 3.8) is 0 Å². The Balaban J connectivity index is 1.75. The summed E-state index contributed by atoms with van der Waals surface area (Å²) < 4.78 is 4.97. The highest BCUT2D eigenvalue weighted by Crippen LogP contribution is 2.40. The first-order valence-electron chi connectivity index (χ1n) is 10.5. The SMILES string of the molecule is CO/N=C(\C(=O)N[C@@H]1C(=O)N2C(C(=O)O)=C(COC(=O)CC(C)=O)CS[C@H]12)c1nc(NC(=O)CCl)sc1Cl. The number of aliphatic carboxylic acids is 1. The summed E-state index contributed by atoms with van der Waals surface area (Å²) in [6.45, 7) is 0.796. The number of β-lactam (4-membered cyclic amide) rings is 1. The first kappa shape index (κ1) is 29.3. The molecule has 3 amide bonds. The number of ketones is 1. The van der Waals surface area contributed by atoms with Crippen LogP contribution in [0.2, 0.25) is 4.34 Å². The van der Waals surface area contributed by atoms with Crippen molar-refractivity contribution in [2.45, 2.75) is 24.8 Å². The number of anilines is 1. The van der Waals surface area contributed by atoms with Gasteiger partial charge < -0.3 is 25.3 Å². The van der Waals surface area contributed by atoms with Gasteiger partial charge in [-0.3, -0.25) is 28.9 Å². The van der Waals surface area contributed by atoms with Crippen LogP contribution in [-0.2, 0) is 38.3 Å². The number of aromatic nitrogens is 1. The number of rotatable bonds is 11. The van der Waals surface area contributed by atoms with Crippen molar-refractivity contribution in [3.05, 3.63) is 21.3 Å². The molecule has 1 fully saturated rings. The van der Waals surface area contributed by atoms with Crippen molar-refractivity contribution >= 4 is 92.6 Å². The average Bonchev–Trinajstić information content (AvgIpc) is 3.21. The van der Waals surface area contributed by atoms with Crippen LogP contribution in [0.1, 0.15) is 19.0 Å². The quantitative estimate of drug-likeness (QED) is 0.0795. The predicted molar refractivity (Wildman–Crippen MR) is 136 cm³/mol. The second-order valence-corrected chi connectivity index (χ2v) is 10.6. The number of thiazole rings is 1. The molecule has 0 spiro atoms. The summed E-state index contributed by atoms with van der Waals surface area (Å²) in [5, 5.41) is 17.5. The van der Waals surface area contributed by atoms with Crippen molar-refractivity contribution < 1.29 is 43.4 Å². The van der Waals surface area contributed by atoms with Gasteiger partial charge in [-0.1, -0.05) is 28.1 Å². The Morgan fingerprint density at radius 3 is 2.61 bits per heavy atom. The van der Waals surface area contributed by atoms with E-state index in [0.29, 0.717) is 0 Å². The smallest absolute Gasteiger partial charge is 0.352 e. The van der Waals surface area contributed by atoms with E-state index in [2.05, 4.69) is 20.8 Å². The lowest BCUT2D eigenvalue weighted by Crippen LogP contribution is -2.71. The molecule has 0 radical (unpaired) electrons. The van der Waals surface area contributed by atoms with Gasteiger partial charge in [-0.15, -0.1) is 23.4 Å². The second-order valence-electron chi connectivity index (χ2n) is 7.60. The van der Waals surface area contributed by atoms with Crippen molar-refractivity contribution in [1.82, 2.24) is 15.2 Å². The first-order chi connectivity index (χ1) is 18.0. The highest BCUT2D eigenvalue weighted by Gasteiger charge is 2.54. The van der Waals surface area contributed by atoms with Gasteiger partial charge in [0, 0.05) is 11.3 Å². The summed E-state index contributed by atoms with van der Waals surface area (Å²) in [4.78, 5) is 81.9. The Morgan fingerprint density at radius 1 is 1.29 bits per heavy atom. The van der Waals surface area contributed by atoms with E-state index < -0.39 is 59.9 Å². The number of alkyl halides is 1.